The van der Waals surface area contributed by atoms with E-state index in [9.17, 15) is 18.3 Å². The molecule has 9 nitrogen and oxygen atoms in total. The molecule has 3 N–H and O–H groups in total. The summed E-state index contributed by atoms with van der Waals surface area (Å²) in [5, 5.41) is 21.6. The summed E-state index contributed by atoms with van der Waals surface area (Å²) in [5.74, 6) is -0.950. The summed E-state index contributed by atoms with van der Waals surface area (Å²) in [5.41, 5.74) is 3.97. The number of carboxylic acid groups (broad SMARTS) is 1. The van der Waals surface area contributed by atoms with Crippen molar-refractivity contribution in [2.75, 3.05) is 5.43 Å². The normalized spacial score (nSPS) is 12.1. The highest BCUT2D eigenvalue weighted by Crippen LogP contribution is 2.20. The Morgan fingerprint density at radius 3 is 2.13 bits per heavy atom. The van der Waals surface area contributed by atoms with Crippen LogP contribution < -0.4 is 5.43 Å². The molecule has 0 saturated carbocycles. The third-order valence-corrected chi connectivity index (χ3v) is 4.73. The third kappa shape index (κ3) is 5.34. The average Bonchev–Trinajstić information content (AvgIpc) is 2.74. The fourth-order valence-corrected chi connectivity index (χ4v) is 2.87. The lowest BCUT2D eigenvalue weighted by molar-refractivity contribution is 0.0697. The van der Waals surface area contributed by atoms with Gasteiger partial charge in [-0.1, -0.05) is 42.5 Å². The molecule has 30 heavy (non-hydrogen) atoms. The van der Waals surface area contributed by atoms with Crippen LogP contribution in [0.5, 0.6) is 0 Å². The van der Waals surface area contributed by atoms with E-state index in [1.807, 2.05) is 6.07 Å². The average molecular weight is 424 g/mol. The van der Waals surface area contributed by atoms with Gasteiger partial charge in [0.15, 0.2) is 0 Å². The lowest BCUT2D eigenvalue weighted by Crippen LogP contribution is -2.02. The number of benzene rings is 3. The van der Waals surface area contributed by atoms with E-state index in [4.69, 9.17) is 4.55 Å². The van der Waals surface area contributed by atoms with Crippen LogP contribution in [0.1, 0.15) is 15.9 Å². The van der Waals surface area contributed by atoms with Crippen molar-refractivity contribution >= 4 is 33.3 Å². The minimum absolute atomic E-state index is 0.00224. The van der Waals surface area contributed by atoms with E-state index in [2.05, 4.69) is 20.8 Å². The van der Waals surface area contributed by atoms with Gasteiger partial charge in [0.1, 0.15) is 5.69 Å². The molecular formula is C20H16N4O5S. The predicted molar refractivity (Wildman–Crippen MR) is 111 cm³/mol. The quantitative estimate of drug-likeness (QED) is 0.178. The highest BCUT2D eigenvalue weighted by atomic mass is 32.2. The molecule has 0 aliphatic carbocycles. The molecule has 3 aromatic rings. The number of anilines is 1. The molecule has 0 atom stereocenters. The molecular weight excluding hydrogens is 408 g/mol. The fraction of sp³-hybridized carbons (Fsp3) is 0. The zero-order chi connectivity index (χ0) is 21.6. The van der Waals surface area contributed by atoms with E-state index in [0.717, 1.165) is 0 Å². The Kier molecular flexibility index (Phi) is 6.30. The Hall–Kier alpha value is -3.89. The number of aromatic carboxylic acids is 1. The van der Waals surface area contributed by atoms with Gasteiger partial charge in [-0.05, 0) is 36.4 Å². The van der Waals surface area contributed by atoms with Crippen LogP contribution in [0, 0.1) is 0 Å². The Morgan fingerprint density at radius 2 is 1.50 bits per heavy atom. The van der Waals surface area contributed by atoms with Crippen LogP contribution in [0.4, 0.5) is 11.4 Å². The lowest BCUT2D eigenvalue weighted by atomic mass is 10.2. The van der Waals surface area contributed by atoms with Gasteiger partial charge in [-0.25, -0.2) is 4.79 Å². The molecule has 3 rings (SSSR count). The molecule has 0 aliphatic heterocycles. The maximum Gasteiger partial charge on any atom is 0.337 e. The zero-order valence-electron chi connectivity index (χ0n) is 15.4. The van der Waals surface area contributed by atoms with Gasteiger partial charge >= 0.3 is 5.97 Å². The Labute approximate surface area is 172 Å². The van der Waals surface area contributed by atoms with Gasteiger partial charge in [-0.15, -0.1) is 10.2 Å². The molecule has 3 aromatic carbocycles. The molecule has 0 heterocycles. The highest BCUT2D eigenvalue weighted by Gasteiger charge is 2.10. The van der Waals surface area contributed by atoms with Gasteiger partial charge in [0, 0.05) is 5.56 Å². The van der Waals surface area contributed by atoms with Crippen LogP contribution in [0.3, 0.4) is 0 Å². The van der Waals surface area contributed by atoms with Crippen molar-refractivity contribution in [3.05, 3.63) is 90.0 Å². The van der Waals surface area contributed by atoms with Crippen molar-refractivity contribution in [1.82, 2.24) is 0 Å². The molecule has 0 aromatic heterocycles. The minimum Gasteiger partial charge on any atom is -0.478 e. The lowest BCUT2D eigenvalue weighted by Gasteiger charge is -2.05. The number of azo groups is 1. The van der Waals surface area contributed by atoms with Crippen molar-refractivity contribution in [2.24, 2.45) is 15.3 Å². The predicted octanol–water partition coefficient (Wildman–Crippen LogP) is 4.19. The summed E-state index contributed by atoms with van der Waals surface area (Å²) >= 11 is 0. The van der Waals surface area contributed by atoms with Crippen LogP contribution >= 0.6 is 0 Å². The molecule has 10 heteroatoms. The number of hydrazone groups is 1. The van der Waals surface area contributed by atoms with E-state index in [1.54, 1.807) is 36.4 Å². The summed E-state index contributed by atoms with van der Waals surface area (Å²) < 4.78 is 31.3. The van der Waals surface area contributed by atoms with Gasteiger partial charge < -0.3 is 5.11 Å². The van der Waals surface area contributed by atoms with E-state index in [-0.39, 0.29) is 22.0 Å². The largest absolute Gasteiger partial charge is 0.478 e. The third-order valence-electron chi connectivity index (χ3n) is 3.86. The number of hydrogen-bond donors (Lipinski definition) is 3. The van der Waals surface area contributed by atoms with Gasteiger partial charge in [0.05, 0.1) is 16.1 Å². The van der Waals surface area contributed by atoms with Crippen molar-refractivity contribution in [3.63, 3.8) is 0 Å². The second kappa shape index (κ2) is 9.07. The van der Waals surface area contributed by atoms with Gasteiger partial charge in [-0.2, -0.15) is 13.5 Å². The standard InChI is InChI=1S/C20H16N4O5S/c25-20(26)17-8-4-5-9-18(17)22-24-19(14-6-2-1-3-7-14)23-21-15-10-12-16(13-11-15)30(27,28)29/h1-13,21H,(H,25,26)(H,27,28,29). The van der Waals surface area contributed by atoms with Gasteiger partial charge in [-0.3, -0.25) is 9.98 Å². The van der Waals surface area contributed by atoms with Crippen molar-refractivity contribution in [2.45, 2.75) is 4.90 Å². The van der Waals surface area contributed by atoms with Gasteiger partial charge in [0.25, 0.3) is 10.1 Å². The van der Waals surface area contributed by atoms with Crippen molar-refractivity contribution in [1.29, 1.82) is 0 Å². The summed E-state index contributed by atoms with van der Waals surface area (Å²) in [7, 11) is -4.29. The monoisotopic (exact) mass is 424 g/mol. The second-order valence-electron chi connectivity index (χ2n) is 5.93. The zero-order valence-corrected chi connectivity index (χ0v) is 16.2. The van der Waals surface area contributed by atoms with E-state index >= 15 is 0 Å². The Bertz CT molecular complexity index is 1210. The number of nitrogens with one attached hydrogen (secondary N) is 1. The Morgan fingerprint density at radius 1 is 0.867 bits per heavy atom. The minimum atomic E-state index is -4.29. The first-order chi connectivity index (χ1) is 14.3. The maximum absolute atomic E-state index is 11.3. The van der Waals surface area contributed by atoms with Crippen LogP contribution in [-0.2, 0) is 10.1 Å². The summed E-state index contributed by atoms with van der Waals surface area (Å²) in [6.07, 6.45) is 0. The first kappa shape index (κ1) is 20.8. The highest BCUT2D eigenvalue weighted by molar-refractivity contribution is 7.85. The van der Waals surface area contributed by atoms with Crippen LogP contribution in [0.25, 0.3) is 0 Å². The topological polar surface area (TPSA) is 141 Å². The number of rotatable bonds is 6. The summed E-state index contributed by atoms with van der Waals surface area (Å²) in [4.78, 5) is 11.1. The number of hydrogen-bond acceptors (Lipinski definition) is 6. The first-order valence-corrected chi connectivity index (χ1v) is 9.99. The van der Waals surface area contributed by atoms with Crippen molar-refractivity contribution in [3.8, 4) is 0 Å². The smallest absolute Gasteiger partial charge is 0.337 e. The number of amidine groups is 1. The Balaban J connectivity index is 1.91. The molecule has 0 radical (unpaired) electrons. The SMILES string of the molecule is O=C(O)c1ccccc1N=NC(=NNc1ccc(S(=O)(=O)O)cc1)c1ccccc1. The molecule has 0 amide bonds. The van der Waals surface area contributed by atoms with E-state index < -0.39 is 16.1 Å². The van der Waals surface area contributed by atoms with Crippen LogP contribution in [0.2, 0.25) is 0 Å². The molecule has 0 unspecified atom stereocenters. The van der Waals surface area contributed by atoms with Crippen molar-refractivity contribution < 1.29 is 22.9 Å². The number of carbonyl (C=O) groups is 1. The molecule has 0 spiro atoms. The maximum atomic E-state index is 11.3. The molecule has 0 saturated heterocycles. The van der Waals surface area contributed by atoms with Crippen LogP contribution in [0.15, 0.2) is 99.1 Å². The summed E-state index contributed by atoms with van der Waals surface area (Å²) in [6.45, 7) is 0. The molecule has 0 bridgehead atoms. The van der Waals surface area contributed by atoms with E-state index in [0.29, 0.717) is 11.3 Å². The second-order valence-corrected chi connectivity index (χ2v) is 7.36. The summed E-state index contributed by atoms with van der Waals surface area (Å²) in [6, 6.07) is 20.4. The number of nitrogens with zero attached hydrogens (tertiary/aromatic N) is 3. The van der Waals surface area contributed by atoms with Gasteiger partial charge in [0.2, 0.25) is 5.84 Å². The number of carboxylic acids is 1. The van der Waals surface area contributed by atoms with E-state index in [1.165, 1.54) is 36.4 Å². The van der Waals surface area contributed by atoms with Crippen LogP contribution in [-0.4, -0.2) is 29.9 Å². The molecule has 152 valence electrons. The molecule has 0 fully saturated rings. The first-order valence-electron chi connectivity index (χ1n) is 8.55. The fourth-order valence-electron chi connectivity index (χ4n) is 2.39. The molecule has 0 aliphatic rings.